The lowest BCUT2D eigenvalue weighted by molar-refractivity contribution is 0.378. The van der Waals surface area contributed by atoms with E-state index >= 15 is 0 Å². The fraction of sp³-hybridized carbons (Fsp3) is 0.692. The summed E-state index contributed by atoms with van der Waals surface area (Å²) < 4.78 is 5.78. The molecule has 1 aromatic heterocycles. The molecule has 1 unspecified atom stereocenters. The van der Waals surface area contributed by atoms with Crippen LogP contribution in [0.3, 0.4) is 0 Å². The molecule has 1 atom stereocenters. The fourth-order valence-electron chi connectivity index (χ4n) is 1.77. The van der Waals surface area contributed by atoms with E-state index in [4.69, 9.17) is 4.42 Å². The zero-order valence-electron chi connectivity index (χ0n) is 10.2. The van der Waals surface area contributed by atoms with Crippen LogP contribution in [0.1, 0.15) is 57.6 Å². The lowest BCUT2D eigenvalue weighted by Crippen LogP contribution is -2.20. The Hall–Kier alpha value is -0.760. The average molecular weight is 209 g/mol. The van der Waals surface area contributed by atoms with Crippen molar-refractivity contribution < 1.29 is 4.42 Å². The van der Waals surface area contributed by atoms with Crippen molar-refractivity contribution >= 4 is 0 Å². The Labute approximate surface area is 93.1 Å². The molecule has 1 aromatic rings. The summed E-state index contributed by atoms with van der Waals surface area (Å²) in [6.07, 6.45) is 4.64. The van der Waals surface area contributed by atoms with Crippen molar-refractivity contribution in [3.63, 3.8) is 0 Å². The maximum absolute atomic E-state index is 5.78. The van der Waals surface area contributed by atoms with Gasteiger partial charge in [0.25, 0.3) is 0 Å². The number of nitrogens with one attached hydrogen (secondary N) is 1. The van der Waals surface area contributed by atoms with Crippen LogP contribution in [-0.4, -0.2) is 6.54 Å². The van der Waals surface area contributed by atoms with Crippen molar-refractivity contribution in [1.29, 1.82) is 0 Å². The molecule has 86 valence electrons. The SMILES string of the molecule is CCCCC(NCC)c1ccc(CC)o1. The van der Waals surface area contributed by atoms with Crippen LogP contribution in [0, 0.1) is 0 Å². The highest BCUT2D eigenvalue weighted by Crippen LogP contribution is 2.21. The van der Waals surface area contributed by atoms with Crippen molar-refractivity contribution in [1.82, 2.24) is 5.32 Å². The monoisotopic (exact) mass is 209 g/mol. The van der Waals surface area contributed by atoms with Crippen LogP contribution in [0.5, 0.6) is 0 Å². The van der Waals surface area contributed by atoms with Gasteiger partial charge in [-0.1, -0.05) is 33.6 Å². The zero-order chi connectivity index (χ0) is 11.1. The molecule has 0 bridgehead atoms. The maximum Gasteiger partial charge on any atom is 0.121 e. The van der Waals surface area contributed by atoms with E-state index < -0.39 is 0 Å². The van der Waals surface area contributed by atoms with E-state index in [2.05, 4.69) is 38.2 Å². The average Bonchev–Trinajstić information content (AvgIpc) is 2.72. The summed E-state index contributed by atoms with van der Waals surface area (Å²) in [6.45, 7) is 7.48. The van der Waals surface area contributed by atoms with Gasteiger partial charge in [-0.25, -0.2) is 0 Å². The molecule has 15 heavy (non-hydrogen) atoms. The molecule has 0 spiro atoms. The van der Waals surface area contributed by atoms with Crippen LogP contribution < -0.4 is 5.32 Å². The van der Waals surface area contributed by atoms with Gasteiger partial charge < -0.3 is 9.73 Å². The van der Waals surface area contributed by atoms with Gasteiger partial charge in [-0.3, -0.25) is 0 Å². The molecule has 1 heterocycles. The maximum atomic E-state index is 5.78. The molecule has 1 N–H and O–H groups in total. The van der Waals surface area contributed by atoms with Crippen molar-refractivity contribution in [2.75, 3.05) is 6.54 Å². The normalized spacial score (nSPS) is 13.0. The Kier molecular flexibility index (Phi) is 5.48. The molecule has 0 saturated carbocycles. The minimum Gasteiger partial charge on any atom is -0.464 e. The van der Waals surface area contributed by atoms with E-state index in [1.54, 1.807) is 0 Å². The van der Waals surface area contributed by atoms with Gasteiger partial charge in [-0.05, 0) is 25.1 Å². The van der Waals surface area contributed by atoms with E-state index in [0.717, 1.165) is 24.5 Å². The predicted octanol–water partition coefficient (Wildman–Crippen LogP) is 3.68. The third kappa shape index (κ3) is 3.71. The van der Waals surface area contributed by atoms with E-state index in [1.807, 2.05) is 0 Å². The Bertz CT molecular complexity index is 267. The quantitative estimate of drug-likeness (QED) is 0.741. The summed E-state index contributed by atoms with van der Waals surface area (Å²) in [5, 5.41) is 3.48. The molecule has 0 radical (unpaired) electrons. The summed E-state index contributed by atoms with van der Waals surface area (Å²) in [5.41, 5.74) is 0. The third-order valence-electron chi connectivity index (χ3n) is 2.67. The van der Waals surface area contributed by atoms with E-state index in [9.17, 15) is 0 Å². The highest BCUT2D eigenvalue weighted by molar-refractivity contribution is 5.10. The molecular formula is C13H23NO. The van der Waals surface area contributed by atoms with Crippen LogP contribution in [0.2, 0.25) is 0 Å². The van der Waals surface area contributed by atoms with Gasteiger partial charge in [0, 0.05) is 6.42 Å². The summed E-state index contributed by atoms with van der Waals surface area (Å²) in [5.74, 6) is 2.19. The van der Waals surface area contributed by atoms with Crippen molar-refractivity contribution in [3.8, 4) is 0 Å². The van der Waals surface area contributed by atoms with Crippen LogP contribution in [-0.2, 0) is 6.42 Å². The number of hydrogen-bond donors (Lipinski definition) is 1. The lowest BCUT2D eigenvalue weighted by Gasteiger charge is -2.14. The first kappa shape index (κ1) is 12.3. The van der Waals surface area contributed by atoms with Gasteiger partial charge in [0.2, 0.25) is 0 Å². The summed E-state index contributed by atoms with van der Waals surface area (Å²) in [4.78, 5) is 0. The molecule has 2 nitrogen and oxygen atoms in total. The molecule has 0 aliphatic rings. The van der Waals surface area contributed by atoms with Crippen LogP contribution >= 0.6 is 0 Å². The molecule has 0 aliphatic heterocycles. The first-order chi connectivity index (χ1) is 7.31. The number of furan rings is 1. The Morgan fingerprint density at radius 2 is 2.07 bits per heavy atom. The number of hydrogen-bond acceptors (Lipinski definition) is 2. The topological polar surface area (TPSA) is 25.2 Å². The summed E-state index contributed by atoms with van der Waals surface area (Å²) in [6, 6.07) is 4.60. The van der Waals surface area contributed by atoms with Crippen molar-refractivity contribution in [2.45, 2.75) is 52.5 Å². The number of rotatable bonds is 7. The molecule has 0 aromatic carbocycles. The number of unbranched alkanes of at least 4 members (excludes halogenated alkanes) is 1. The van der Waals surface area contributed by atoms with Gasteiger partial charge in [-0.15, -0.1) is 0 Å². The van der Waals surface area contributed by atoms with Gasteiger partial charge in [0.15, 0.2) is 0 Å². The molecule has 0 fully saturated rings. The standard InChI is InChI=1S/C13H23NO/c1-4-7-8-12(14-6-3)13-10-9-11(5-2)15-13/h9-10,12,14H,4-8H2,1-3H3. The first-order valence-electron chi connectivity index (χ1n) is 6.13. The Morgan fingerprint density at radius 1 is 1.27 bits per heavy atom. The van der Waals surface area contributed by atoms with E-state index in [-0.39, 0.29) is 0 Å². The van der Waals surface area contributed by atoms with E-state index in [1.165, 1.54) is 19.3 Å². The minimum absolute atomic E-state index is 0.398. The Morgan fingerprint density at radius 3 is 2.60 bits per heavy atom. The molecule has 0 aliphatic carbocycles. The number of aryl methyl sites for hydroxylation is 1. The first-order valence-corrected chi connectivity index (χ1v) is 6.13. The molecule has 2 heteroatoms. The van der Waals surface area contributed by atoms with Gasteiger partial charge in [0.05, 0.1) is 6.04 Å². The molecule has 1 rings (SSSR count). The van der Waals surface area contributed by atoms with Gasteiger partial charge >= 0.3 is 0 Å². The highest BCUT2D eigenvalue weighted by Gasteiger charge is 2.13. The van der Waals surface area contributed by atoms with Crippen LogP contribution in [0.15, 0.2) is 16.5 Å². The molecular weight excluding hydrogens is 186 g/mol. The van der Waals surface area contributed by atoms with Crippen LogP contribution in [0.4, 0.5) is 0 Å². The zero-order valence-corrected chi connectivity index (χ0v) is 10.2. The predicted molar refractivity (Wildman–Crippen MR) is 64.0 cm³/mol. The third-order valence-corrected chi connectivity index (χ3v) is 2.67. The summed E-state index contributed by atoms with van der Waals surface area (Å²) >= 11 is 0. The van der Waals surface area contributed by atoms with Crippen LogP contribution in [0.25, 0.3) is 0 Å². The lowest BCUT2D eigenvalue weighted by atomic mass is 10.1. The second-order valence-electron chi connectivity index (χ2n) is 3.91. The second kappa shape index (κ2) is 6.67. The van der Waals surface area contributed by atoms with Crippen molar-refractivity contribution in [3.05, 3.63) is 23.7 Å². The Balaban J connectivity index is 2.60. The van der Waals surface area contributed by atoms with Gasteiger partial charge in [0.1, 0.15) is 11.5 Å². The molecule has 0 amide bonds. The largest absolute Gasteiger partial charge is 0.464 e. The smallest absolute Gasteiger partial charge is 0.121 e. The van der Waals surface area contributed by atoms with E-state index in [0.29, 0.717) is 6.04 Å². The molecule has 0 saturated heterocycles. The minimum atomic E-state index is 0.398. The second-order valence-corrected chi connectivity index (χ2v) is 3.91. The highest BCUT2D eigenvalue weighted by atomic mass is 16.3. The van der Waals surface area contributed by atoms with Gasteiger partial charge in [-0.2, -0.15) is 0 Å². The van der Waals surface area contributed by atoms with Crippen molar-refractivity contribution in [2.24, 2.45) is 0 Å². The summed E-state index contributed by atoms with van der Waals surface area (Å²) in [7, 11) is 0. The fourth-order valence-corrected chi connectivity index (χ4v) is 1.77.